The molecule has 78 valence electrons. The fourth-order valence-corrected chi connectivity index (χ4v) is 0.760. The van der Waals surface area contributed by atoms with Gasteiger partial charge in [0.15, 0.2) is 0 Å². The lowest BCUT2D eigenvalue weighted by atomic mass is 10.2. The van der Waals surface area contributed by atoms with Gasteiger partial charge in [0.05, 0.1) is 5.56 Å². The minimum Gasteiger partial charge on any atom is -0.478 e. The molecule has 0 aliphatic heterocycles. The topological polar surface area (TPSA) is 57.5 Å². The predicted molar refractivity (Wildman–Crippen MR) is 55.8 cm³/mol. The Bertz CT molecular complexity index is 247. The van der Waals surface area contributed by atoms with Gasteiger partial charge in [-0.3, -0.25) is 0 Å². The Kier molecular flexibility index (Phi) is 7.89. The summed E-state index contributed by atoms with van der Waals surface area (Å²) in [5.41, 5.74) is 0.331. The molecule has 4 heteroatoms. The van der Waals surface area contributed by atoms with Crippen LogP contribution in [0.1, 0.15) is 16.8 Å². The van der Waals surface area contributed by atoms with Gasteiger partial charge >= 0.3 is 5.97 Å². The maximum absolute atomic E-state index is 10.2. The number of alkyl halides is 1. The Hall–Kier alpha value is -1.06. The van der Waals surface area contributed by atoms with Gasteiger partial charge in [-0.1, -0.05) is 18.2 Å². The Morgan fingerprint density at radius 1 is 1.29 bits per heavy atom. The highest BCUT2D eigenvalue weighted by atomic mass is 35.5. The summed E-state index contributed by atoms with van der Waals surface area (Å²) in [5, 5.41) is 16.4. The average Bonchev–Trinajstić information content (AvgIpc) is 2.21. The number of hydrogen-bond acceptors (Lipinski definition) is 2. The lowest BCUT2D eigenvalue weighted by Crippen LogP contribution is -1.93. The number of hydrogen-bond donors (Lipinski definition) is 2. The van der Waals surface area contributed by atoms with Crippen molar-refractivity contribution in [1.29, 1.82) is 0 Å². The summed E-state index contributed by atoms with van der Waals surface area (Å²) in [4.78, 5) is 10.2. The largest absolute Gasteiger partial charge is 0.478 e. The molecule has 0 spiro atoms. The number of aliphatic hydroxyl groups is 1. The van der Waals surface area contributed by atoms with Crippen molar-refractivity contribution < 1.29 is 15.0 Å². The van der Waals surface area contributed by atoms with Crippen molar-refractivity contribution in [2.75, 3.05) is 12.5 Å². The summed E-state index contributed by atoms with van der Waals surface area (Å²) in [7, 11) is 0. The molecule has 0 bridgehead atoms. The van der Waals surface area contributed by atoms with Crippen LogP contribution in [0.2, 0.25) is 0 Å². The molecule has 14 heavy (non-hydrogen) atoms. The molecule has 0 aromatic heterocycles. The van der Waals surface area contributed by atoms with Crippen molar-refractivity contribution in [3.8, 4) is 0 Å². The van der Waals surface area contributed by atoms with Gasteiger partial charge in [0.25, 0.3) is 0 Å². The minimum absolute atomic E-state index is 0.212. The van der Waals surface area contributed by atoms with Crippen LogP contribution in [0.4, 0.5) is 0 Å². The number of aromatic carboxylic acids is 1. The van der Waals surface area contributed by atoms with Crippen LogP contribution < -0.4 is 0 Å². The summed E-state index contributed by atoms with van der Waals surface area (Å²) >= 11 is 5.14. The SMILES string of the molecule is O=C(O)c1ccccc1.OCCCCl. The Morgan fingerprint density at radius 3 is 2.07 bits per heavy atom. The van der Waals surface area contributed by atoms with E-state index in [1.807, 2.05) is 0 Å². The second-order valence-electron chi connectivity index (χ2n) is 2.44. The van der Waals surface area contributed by atoms with Crippen LogP contribution in [0, 0.1) is 0 Å². The van der Waals surface area contributed by atoms with E-state index in [-0.39, 0.29) is 6.61 Å². The van der Waals surface area contributed by atoms with Crippen LogP contribution in [-0.2, 0) is 0 Å². The van der Waals surface area contributed by atoms with E-state index in [0.29, 0.717) is 17.9 Å². The lowest BCUT2D eigenvalue weighted by Gasteiger charge is -1.88. The summed E-state index contributed by atoms with van der Waals surface area (Å²) in [6.45, 7) is 0.212. The number of aliphatic hydroxyl groups excluding tert-OH is 1. The molecule has 0 aliphatic carbocycles. The predicted octanol–water partition coefficient (Wildman–Crippen LogP) is 1.99. The van der Waals surface area contributed by atoms with Crippen molar-refractivity contribution in [2.24, 2.45) is 0 Å². The summed E-state index contributed by atoms with van der Waals surface area (Å²) in [6.07, 6.45) is 0.710. The molecule has 0 heterocycles. The molecule has 1 aromatic carbocycles. The zero-order chi connectivity index (χ0) is 10.8. The molecule has 0 amide bonds. The van der Waals surface area contributed by atoms with Gasteiger partial charge in [-0.2, -0.15) is 0 Å². The van der Waals surface area contributed by atoms with E-state index >= 15 is 0 Å². The van der Waals surface area contributed by atoms with Gasteiger partial charge < -0.3 is 10.2 Å². The number of carbonyl (C=O) groups is 1. The smallest absolute Gasteiger partial charge is 0.335 e. The summed E-state index contributed by atoms with van der Waals surface area (Å²) in [6, 6.07) is 8.30. The van der Waals surface area contributed by atoms with Crippen LogP contribution in [0.3, 0.4) is 0 Å². The highest BCUT2D eigenvalue weighted by Gasteiger charge is 1.96. The van der Waals surface area contributed by atoms with E-state index in [9.17, 15) is 4.79 Å². The molecule has 0 aliphatic rings. The average molecular weight is 217 g/mol. The fraction of sp³-hybridized carbons (Fsp3) is 0.300. The fourth-order valence-electron chi connectivity index (χ4n) is 0.640. The first-order chi connectivity index (χ1) is 6.72. The molecule has 0 unspecified atom stereocenters. The van der Waals surface area contributed by atoms with E-state index in [0.717, 1.165) is 0 Å². The quantitative estimate of drug-likeness (QED) is 0.760. The van der Waals surface area contributed by atoms with Gasteiger partial charge in [-0.05, 0) is 18.6 Å². The highest BCUT2D eigenvalue weighted by molar-refractivity contribution is 6.17. The van der Waals surface area contributed by atoms with Gasteiger partial charge in [0, 0.05) is 12.5 Å². The van der Waals surface area contributed by atoms with Crippen LogP contribution >= 0.6 is 11.6 Å². The molecule has 3 nitrogen and oxygen atoms in total. The molecular formula is C10H13ClO3. The molecule has 0 saturated heterocycles. The Balaban J connectivity index is 0.000000292. The molecule has 2 N–H and O–H groups in total. The van der Waals surface area contributed by atoms with Crippen molar-refractivity contribution in [3.63, 3.8) is 0 Å². The summed E-state index contributed by atoms with van der Waals surface area (Å²) < 4.78 is 0. The van der Waals surface area contributed by atoms with E-state index in [4.69, 9.17) is 21.8 Å². The Morgan fingerprint density at radius 2 is 1.86 bits per heavy atom. The molecule has 0 atom stereocenters. The summed E-state index contributed by atoms with van der Waals surface area (Å²) in [5.74, 6) is -0.313. The first-order valence-electron chi connectivity index (χ1n) is 4.17. The van der Waals surface area contributed by atoms with E-state index in [1.54, 1.807) is 30.3 Å². The van der Waals surface area contributed by atoms with Crippen molar-refractivity contribution in [3.05, 3.63) is 35.9 Å². The van der Waals surface area contributed by atoms with Gasteiger partial charge in [-0.15, -0.1) is 11.6 Å². The molecular weight excluding hydrogens is 204 g/mol. The van der Waals surface area contributed by atoms with Crippen LogP contribution in [0.15, 0.2) is 30.3 Å². The third-order valence-corrected chi connectivity index (χ3v) is 1.58. The maximum atomic E-state index is 10.2. The molecule has 0 radical (unpaired) electrons. The third-order valence-electron chi connectivity index (χ3n) is 1.31. The number of rotatable bonds is 3. The maximum Gasteiger partial charge on any atom is 0.335 e. The van der Waals surface area contributed by atoms with E-state index in [1.165, 1.54) is 0 Å². The second kappa shape index (κ2) is 8.53. The zero-order valence-electron chi connectivity index (χ0n) is 7.69. The second-order valence-corrected chi connectivity index (χ2v) is 2.82. The molecule has 0 fully saturated rings. The number of halogens is 1. The number of carboxylic acid groups (broad SMARTS) is 1. The number of benzene rings is 1. The molecule has 1 aromatic rings. The Labute approximate surface area is 88.0 Å². The lowest BCUT2D eigenvalue weighted by molar-refractivity contribution is 0.0697. The molecule has 1 rings (SSSR count). The van der Waals surface area contributed by atoms with Crippen LogP contribution in [0.5, 0.6) is 0 Å². The minimum atomic E-state index is -0.879. The van der Waals surface area contributed by atoms with Crippen LogP contribution in [-0.4, -0.2) is 28.7 Å². The van der Waals surface area contributed by atoms with Gasteiger partial charge in [-0.25, -0.2) is 4.79 Å². The van der Waals surface area contributed by atoms with Crippen molar-refractivity contribution >= 4 is 17.6 Å². The first-order valence-corrected chi connectivity index (χ1v) is 4.71. The first kappa shape index (κ1) is 12.9. The van der Waals surface area contributed by atoms with Crippen molar-refractivity contribution in [1.82, 2.24) is 0 Å². The van der Waals surface area contributed by atoms with Crippen molar-refractivity contribution in [2.45, 2.75) is 6.42 Å². The zero-order valence-corrected chi connectivity index (χ0v) is 8.44. The monoisotopic (exact) mass is 216 g/mol. The van der Waals surface area contributed by atoms with Crippen LogP contribution in [0.25, 0.3) is 0 Å². The van der Waals surface area contributed by atoms with E-state index < -0.39 is 5.97 Å². The normalized spacial score (nSPS) is 8.71. The molecule has 0 saturated carbocycles. The van der Waals surface area contributed by atoms with Gasteiger partial charge in [0.2, 0.25) is 0 Å². The van der Waals surface area contributed by atoms with E-state index in [2.05, 4.69) is 0 Å². The highest BCUT2D eigenvalue weighted by Crippen LogP contribution is 1.96. The number of carboxylic acids is 1. The standard InChI is InChI=1S/C7H6O2.C3H7ClO/c8-7(9)6-4-2-1-3-5-6;4-2-1-3-5/h1-5H,(H,8,9);5H,1-3H2. The van der Waals surface area contributed by atoms with Gasteiger partial charge in [0.1, 0.15) is 0 Å². The third kappa shape index (κ3) is 6.46.